The molecule has 1 unspecified atom stereocenters. The van der Waals surface area contributed by atoms with E-state index in [1.165, 1.54) is 12.0 Å². The maximum atomic E-state index is 11.2. The fourth-order valence-electron chi connectivity index (χ4n) is 3.56. The quantitative estimate of drug-likeness (QED) is 0.898. The number of hydrogen-bond donors (Lipinski definition) is 1. The zero-order chi connectivity index (χ0) is 16.1. The SMILES string of the molecule is O=C(O)c1cccc(C2CCCN(CCN3CCOCC3)C2)c1. The molecule has 2 aliphatic rings. The van der Waals surface area contributed by atoms with E-state index in [-0.39, 0.29) is 0 Å². The molecule has 5 nitrogen and oxygen atoms in total. The number of carboxylic acid groups (broad SMARTS) is 1. The Morgan fingerprint density at radius 3 is 2.74 bits per heavy atom. The van der Waals surface area contributed by atoms with E-state index in [0.717, 1.165) is 58.9 Å². The van der Waals surface area contributed by atoms with Crippen molar-refractivity contribution in [3.05, 3.63) is 35.4 Å². The molecule has 0 radical (unpaired) electrons. The lowest BCUT2D eigenvalue weighted by molar-refractivity contribution is 0.0319. The molecule has 23 heavy (non-hydrogen) atoms. The predicted octanol–water partition coefficient (Wildman–Crippen LogP) is 1.90. The van der Waals surface area contributed by atoms with Crippen molar-refractivity contribution in [2.45, 2.75) is 18.8 Å². The third kappa shape index (κ3) is 4.53. The summed E-state index contributed by atoms with van der Waals surface area (Å²) < 4.78 is 5.39. The number of benzene rings is 1. The summed E-state index contributed by atoms with van der Waals surface area (Å²) in [6.45, 7) is 8.16. The molecule has 2 aliphatic heterocycles. The Morgan fingerprint density at radius 2 is 1.96 bits per heavy atom. The summed E-state index contributed by atoms with van der Waals surface area (Å²) in [4.78, 5) is 16.1. The van der Waals surface area contributed by atoms with Crippen molar-refractivity contribution < 1.29 is 14.6 Å². The van der Waals surface area contributed by atoms with Crippen LogP contribution in [-0.4, -0.2) is 73.4 Å². The van der Waals surface area contributed by atoms with Gasteiger partial charge in [-0.15, -0.1) is 0 Å². The van der Waals surface area contributed by atoms with Gasteiger partial charge in [-0.05, 0) is 43.0 Å². The lowest BCUT2D eigenvalue weighted by Crippen LogP contribution is -2.43. The van der Waals surface area contributed by atoms with Crippen LogP contribution in [0.5, 0.6) is 0 Å². The number of morpholine rings is 1. The van der Waals surface area contributed by atoms with Crippen LogP contribution in [0.3, 0.4) is 0 Å². The molecule has 0 aromatic heterocycles. The molecule has 2 fully saturated rings. The van der Waals surface area contributed by atoms with Crippen LogP contribution in [-0.2, 0) is 4.74 Å². The minimum atomic E-state index is -0.841. The van der Waals surface area contributed by atoms with Crippen molar-refractivity contribution in [1.82, 2.24) is 9.80 Å². The van der Waals surface area contributed by atoms with Crippen LogP contribution in [0.2, 0.25) is 0 Å². The van der Waals surface area contributed by atoms with Crippen molar-refractivity contribution in [3.8, 4) is 0 Å². The first kappa shape index (κ1) is 16.4. The highest BCUT2D eigenvalue weighted by Gasteiger charge is 2.22. The van der Waals surface area contributed by atoms with E-state index < -0.39 is 5.97 Å². The number of likely N-dealkylation sites (tertiary alicyclic amines) is 1. The summed E-state index contributed by atoms with van der Waals surface area (Å²) >= 11 is 0. The van der Waals surface area contributed by atoms with Crippen molar-refractivity contribution in [2.75, 3.05) is 52.5 Å². The molecule has 1 aromatic rings. The van der Waals surface area contributed by atoms with Crippen LogP contribution in [0.1, 0.15) is 34.7 Å². The predicted molar refractivity (Wildman–Crippen MR) is 89.1 cm³/mol. The minimum absolute atomic E-state index is 0.396. The maximum Gasteiger partial charge on any atom is 0.335 e. The zero-order valence-electron chi connectivity index (χ0n) is 13.6. The zero-order valence-corrected chi connectivity index (χ0v) is 13.6. The van der Waals surface area contributed by atoms with Gasteiger partial charge in [0.05, 0.1) is 18.8 Å². The second-order valence-corrected chi connectivity index (χ2v) is 6.52. The highest BCUT2D eigenvalue weighted by Crippen LogP contribution is 2.27. The number of hydrogen-bond acceptors (Lipinski definition) is 4. The molecular formula is C18H26N2O3. The highest BCUT2D eigenvalue weighted by atomic mass is 16.5. The van der Waals surface area contributed by atoms with Gasteiger partial charge in [0.15, 0.2) is 0 Å². The number of carboxylic acids is 1. The van der Waals surface area contributed by atoms with Gasteiger partial charge in [-0.3, -0.25) is 4.90 Å². The molecule has 0 amide bonds. The van der Waals surface area contributed by atoms with Crippen LogP contribution in [0.4, 0.5) is 0 Å². The van der Waals surface area contributed by atoms with Gasteiger partial charge in [0.2, 0.25) is 0 Å². The summed E-state index contributed by atoms with van der Waals surface area (Å²) in [5, 5.41) is 9.16. The molecule has 2 saturated heterocycles. The average molecular weight is 318 g/mol. The second-order valence-electron chi connectivity index (χ2n) is 6.52. The van der Waals surface area contributed by atoms with Crippen molar-refractivity contribution in [1.29, 1.82) is 0 Å². The Hall–Kier alpha value is -1.43. The lowest BCUT2D eigenvalue weighted by Gasteiger charge is -2.35. The molecule has 1 atom stereocenters. The fraction of sp³-hybridized carbons (Fsp3) is 0.611. The first-order valence-corrected chi connectivity index (χ1v) is 8.58. The van der Waals surface area contributed by atoms with E-state index >= 15 is 0 Å². The van der Waals surface area contributed by atoms with E-state index in [9.17, 15) is 4.79 Å². The van der Waals surface area contributed by atoms with Gasteiger partial charge in [-0.25, -0.2) is 4.79 Å². The Bertz CT molecular complexity index is 529. The number of rotatable bonds is 5. The van der Waals surface area contributed by atoms with Crippen LogP contribution in [0.15, 0.2) is 24.3 Å². The van der Waals surface area contributed by atoms with Crippen molar-refractivity contribution in [3.63, 3.8) is 0 Å². The Balaban J connectivity index is 1.55. The van der Waals surface area contributed by atoms with E-state index in [2.05, 4.69) is 15.9 Å². The molecule has 0 aliphatic carbocycles. The second kappa shape index (κ2) is 7.90. The van der Waals surface area contributed by atoms with E-state index in [1.807, 2.05) is 12.1 Å². The topological polar surface area (TPSA) is 53.0 Å². The molecule has 0 saturated carbocycles. The van der Waals surface area contributed by atoms with Crippen LogP contribution >= 0.6 is 0 Å². The van der Waals surface area contributed by atoms with Gasteiger partial charge in [0.25, 0.3) is 0 Å². The molecule has 2 heterocycles. The van der Waals surface area contributed by atoms with Crippen LogP contribution < -0.4 is 0 Å². The van der Waals surface area contributed by atoms with Gasteiger partial charge in [0, 0.05) is 32.7 Å². The number of aromatic carboxylic acids is 1. The molecule has 0 spiro atoms. The monoisotopic (exact) mass is 318 g/mol. The van der Waals surface area contributed by atoms with Gasteiger partial charge in [-0.1, -0.05) is 12.1 Å². The molecule has 126 valence electrons. The van der Waals surface area contributed by atoms with Gasteiger partial charge >= 0.3 is 5.97 Å². The molecule has 1 aromatic carbocycles. The molecule has 5 heteroatoms. The average Bonchev–Trinajstić information content (AvgIpc) is 2.61. The summed E-state index contributed by atoms with van der Waals surface area (Å²) in [5.74, 6) is -0.389. The largest absolute Gasteiger partial charge is 0.478 e. The number of ether oxygens (including phenoxy) is 1. The van der Waals surface area contributed by atoms with E-state index in [0.29, 0.717) is 11.5 Å². The van der Waals surface area contributed by atoms with Crippen molar-refractivity contribution in [2.24, 2.45) is 0 Å². The molecular weight excluding hydrogens is 292 g/mol. The summed E-state index contributed by atoms with van der Waals surface area (Å²) in [5.41, 5.74) is 1.56. The van der Waals surface area contributed by atoms with Crippen LogP contribution in [0, 0.1) is 0 Å². The smallest absolute Gasteiger partial charge is 0.335 e. The van der Waals surface area contributed by atoms with Crippen molar-refractivity contribution >= 4 is 5.97 Å². The first-order valence-electron chi connectivity index (χ1n) is 8.58. The highest BCUT2D eigenvalue weighted by molar-refractivity contribution is 5.87. The van der Waals surface area contributed by atoms with Gasteiger partial charge in [-0.2, -0.15) is 0 Å². The van der Waals surface area contributed by atoms with E-state index in [4.69, 9.17) is 9.84 Å². The molecule has 1 N–H and O–H groups in total. The Kier molecular flexibility index (Phi) is 5.65. The summed E-state index contributed by atoms with van der Waals surface area (Å²) in [6, 6.07) is 7.46. The lowest BCUT2D eigenvalue weighted by atomic mass is 9.89. The molecule has 0 bridgehead atoms. The summed E-state index contributed by atoms with van der Waals surface area (Å²) in [7, 11) is 0. The maximum absolute atomic E-state index is 11.2. The minimum Gasteiger partial charge on any atom is -0.478 e. The normalized spacial score (nSPS) is 23.7. The number of nitrogens with zero attached hydrogens (tertiary/aromatic N) is 2. The fourth-order valence-corrected chi connectivity index (χ4v) is 3.56. The third-order valence-electron chi connectivity index (χ3n) is 4.95. The summed E-state index contributed by atoms with van der Waals surface area (Å²) in [6.07, 6.45) is 2.34. The number of piperidine rings is 1. The molecule has 3 rings (SSSR count). The first-order chi connectivity index (χ1) is 11.2. The number of carbonyl (C=O) groups is 1. The third-order valence-corrected chi connectivity index (χ3v) is 4.95. The standard InChI is InChI=1S/C18H26N2O3/c21-18(22)16-4-1-3-15(13-16)17-5-2-6-20(14-17)8-7-19-9-11-23-12-10-19/h1,3-4,13,17H,2,5-12,14H2,(H,21,22). The Morgan fingerprint density at radius 1 is 1.17 bits per heavy atom. The van der Waals surface area contributed by atoms with E-state index in [1.54, 1.807) is 6.07 Å². The van der Waals surface area contributed by atoms with Crippen LogP contribution in [0.25, 0.3) is 0 Å². The van der Waals surface area contributed by atoms with Gasteiger partial charge in [0.1, 0.15) is 0 Å². The Labute approximate surface area is 137 Å². The van der Waals surface area contributed by atoms with Gasteiger partial charge < -0.3 is 14.7 Å².